The SMILES string of the molecule is CC(Cl)CNC(=O)C1CC1(C)C. The standard InChI is InChI=1S/C9H16ClNO/c1-6(10)5-11-8(12)7-4-9(7,2)3/h6-7H,4-5H2,1-3H3,(H,11,12). The van der Waals surface area contributed by atoms with Crippen LogP contribution in [0.4, 0.5) is 0 Å². The lowest BCUT2D eigenvalue weighted by molar-refractivity contribution is -0.122. The topological polar surface area (TPSA) is 29.1 Å². The van der Waals surface area contributed by atoms with Gasteiger partial charge in [0.05, 0.1) is 0 Å². The van der Waals surface area contributed by atoms with E-state index in [1.165, 1.54) is 0 Å². The third-order valence-electron chi connectivity index (χ3n) is 2.39. The summed E-state index contributed by atoms with van der Waals surface area (Å²) in [5, 5.41) is 2.85. The maximum absolute atomic E-state index is 11.4. The average molecular weight is 190 g/mol. The zero-order valence-corrected chi connectivity index (χ0v) is 8.61. The molecule has 0 radical (unpaired) electrons. The molecule has 0 bridgehead atoms. The zero-order valence-electron chi connectivity index (χ0n) is 7.86. The molecule has 1 amide bonds. The fraction of sp³-hybridized carbons (Fsp3) is 0.889. The first-order chi connectivity index (χ1) is 5.43. The molecule has 1 N–H and O–H groups in total. The van der Waals surface area contributed by atoms with Crippen LogP contribution in [0.5, 0.6) is 0 Å². The van der Waals surface area contributed by atoms with Crippen molar-refractivity contribution in [2.45, 2.75) is 32.6 Å². The first kappa shape index (κ1) is 9.85. The molecule has 1 aliphatic carbocycles. The van der Waals surface area contributed by atoms with E-state index in [2.05, 4.69) is 19.2 Å². The zero-order chi connectivity index (χ0) is 9.35. The Hall–Kier alpha value is -0.240. The van der Waals surface area contributed by atoms with Crippen molar-refractivity contribution in [2.75, 3.05) is 6.54 Å². The summed E-state index contributed by atoms with van der Waals surface area (Å²) in [5.74, 6) is 0.375. The molecule has 1 aliphatic rings. The molecule has 70 valence electrons. The van der Waals surface area contributed by atoms with Crippen LogP contribution >= 0.6 is 11.6 Å². The predicted molar refractivity (Wildman–Crippen MR) is 50.2 cm³/mol. The lowest BCUT2D eigenvalue weighted by Gasteiger charge is -2.07. The van der Waals surface area contributed by atoms with E-state index in [0.717, 1.165) is 6.42 Å². The van der Waals surface area contributed by atoms with E-state index < -0.39 is 0 Å². The summed E-state index contributed by atoms with van der Waals surface area (Å²) in [6.45, 7) is 6.68. The quantitative estimate of drug-likeness (QED) is 0.674. The fourth-order valence-electron chi connectivity index (χ4n) is 1.28. The van der Waals surface area contributed by atoms with Crippen LogP contribution in [-0.4, -0.2) is 17.8 Å². The summed E-state index contributed by atoms with van der Waals surface area (Å²) >= 11 is 5.70. The van der Waals surface area contributed by atoms with Gasteiger partial charge in [-0.3, -0.25) is 4.79 Å². The van der Waals surface area contributed by atoms with Gasteiger partial charge in [0.15, 0.2) is 0 Å². The van der Waals surface area contributed by atoms with E-state index in [1.54, 1.807) is 0 Å². The van der Waals surface area contributed by atoms with Crippen LogP contribution in [0.25, 0.3) is 0 Å². The van der Waals surface area contributed by atoms with Gasteiger partial charge in [-0.05, 0) is 18.8 Å². The number of amides is 1. The molecule has 2 unspecified atom stereocenters. The van der Waals surface area contributed by atoms with Crippen molar-refractivity contribution in [1.82, 2.24) is 5.32 Å². The molecule has 12 heavy (non-hydrogen) atoms. The van der Waals surface area contributed by atoms with E-state index in [1.807, 2.05) is 6.92 Å². The minimum atomic E-state index is 0.0239. The van der Waals surface area contributed by atoms with Crippen molar-refractivity contribution >= 4 is 17.5 Å². The Labute approximate surface area is 78.7 Å². The number of hydrogen-bond acceptors (Lipinski definition) is 1. The average Bonchev–Trinajstić information content (AvgIpc) is 2.55. The highest BCUT2D eigenvalue weighted by atomic mass is 35.5. The summed E-state index contributed by atoms with van der Waals surface area (Å²) in [6, 6.07) is 0. The number of alkyl halides is 1. The van der Waals surface area contributed by atoms with Crippen LogP contribution in [0.1, 0.15) is 27.2 Å². The number of nitrogens with one attached hydrogen (secondary N) is 1. The van der Waals surface area contributed by atoms with Gasteiger partial charge in [-0.2, -0.15) is 0 Å². The summed E-state index contributed by atoms with van der Waals surface area (Å²) in [4.78, 5) is 11.4. The van der Waals surface area contributed by atoms with Crippen LogP contribution < -0.4 is 5.32 Å². The van der Waals surface area contributed by atoms with Gasteiger partial charge in [0.25, 0.3) is 0 Å². The van der Waals surface area contributed by atoms with Crippen molar-refractivity contribution in [3.05, 3.63) is 0 Å². The smallest absolute Gasteiger partial charge is 0.223 e. The van der Waals surface area contributed by atoms with Crippen LogP contribution in [0.3, 0.4) is 0 Å². The molecule has 0 aromatic heterocycles. The molecule has 0 heterocycles. The second-order valence-corrected chi connectivity index (χ2v) is 5.02. The van der Waals surface area contributed by atoms with E-state index in [4.69, 9.17) is 11.6 Å². The Morgan fingerprint density at radius 1 is 1.75 bits per heavy atom. The van der Waals surface area contributed by atoms with E-state index in [0.29, 0.717) is 6.54 Å². The number of rotatable bonds is 3. The van der Waals surface area contributed by atoms with Gasteiger partial charge in [-0.15, -0.1) is 11.6 Å². The Bertz CT molecular complexity index is 189. The first-order valence-corrected chi connectivity index (χ1v) is 4.79. The molecule has 1 rings (SSSR count). The second kappa shape index (κ2) is 3.25. The van der Waals surface area contributed by atoms with Gasteiger partial charge >= 0.3 is 0 Å². The molecule has 0 saturated heterocycles. The molecule has 0 aliphatic heterocycles. The van der Waals surface area contributed by atoms with Crippen molar-refractivity contribution in [3.8, 4) is 0 Å². The molecule has 0 spiro atoms. The molecule has 1 saturated carbocycles. The monoisotopic (exact) mass is 189 g/mol. The van der Waals surface area contributed by atoms with Crippen LogP contribution in [0.15, 0.2) is 0 Å². The molecule has 1 fully saturated rings. The van der Waals surface area contributed by atoms with Crippen LogP contribution in [-0.2, 0) is 4.79 Å². The van der Waals surface area contributed by atoms with Gasteiger partial charge in [0.2, 0.25) is 5.91 Å². The Kier molecular flexibility index (Phi) is 2.67. The fourth-order valence-corrected chi connectivity index (χ4v) is 1.36. The molecular formula is C9H16ClNO. The van der Waals surface area contributed by atoms with Crippen molar-refractivity contribution in [1.29, 1.82) is 0 Å². The molecule has 3 heteroatoms. The molecule has 2 nitrogen and oxygen atoms in total. The van der Waals surface area contributed by atoms with Gasteiger partial charge in [0.1, 0.15) is 0 Å². The third-order valence-corrected chi connectivity index (χ3v) is 2.54. The Morgan fingerprint density at radius 3 is 2.58 bits per heavy atom. The first-order valence-electron chi connectivity index (χ1n) is 4.35. The number of hydrogen-bond donors (Lipinski definition) is 1. The predicted octanol–water partition coefficient (Wildman–Crippen LogP) is 1.78. The maximum atomic E-state index is 11.4. The van der Waals surface area contributed by atoms with Crippen LogP contribution in [0, 0.1) is 11.3 Å². The Morgan fingerprint density at radius 2 is 2.25 bits per heavy atom. The highest BCUT2D eigenvalue weighted by Crippen LogP contribution is 2.51. The maximum Gasteiger partial charge on any atom is 0.223 e. The van der Waals surface area contributed by atoms with E-state index in [9.17, 15) is 4.79 Å². The largest absolute Gasteiger partial charge is 0.354 e. The minimum Gasteiger partial charge on any atom is -0.354 e. The van der Waals surface area contributed by atoms with E-state index in [-0.39, 0.29) is 22.6 Å². The highest BCUT2D eigenvalue weighted by Gasteiger charge is 2.50. The molecule has 2 atom stereocenters. The minimum absolute atomic E-state index is 0.0239. The molecular weight excluding hydrogens is 174 g/mol. The molecule has 0 aromatic rings. The van der Waals surface area contributed by atoms with Gasteiger partial charge < -0.3 is 5.32 Å². The second-order valence-electron chi connectivity index (χ2n) is 4.27. The van der Waals surface area contributed by atoms with Gasteiger partial charge in [-0.1, -0.05) is 13.8 Å². The van der Waals surface area contributed by atoms with Gasteiger partial charge in [-0.25, -0.2) is 0 Å². The number of carbonyl (C=O) groups is 1. The van der Waals surface area contributed by atoms with Crippen LogP contribution in [0.2, 0.25) is 0 Å². The highest BCUT2D eigenvalue weighted by molar-refractivity contribution is 6.20. The summed E-state index contributed by atoms with van der Waals surface area (Å²) < 4.78 is 0. The molecule has 0 aromatic carbocycles. The van der Waals surface area contributed by atoms with Crippen molar-refractivity contribution in [3.63, 3.8) is 0 Å². The number of carbonyl (C=O) groups excluding carboxylic acids is 1. The van der Waals surface area contributed by atoms with Crippen molar-refractivity contribution in [2.24, 2.45) is 11.3 Å². The van der Waals surface area contributed by atoms with Gasteiger partial charge in [0, 0.05) is 17.8 Å². The van der Waals surface area contributed by atoms with Crippen molar-refractivity contribution < 1.29 is 4.79 Å². The third kappa shape index (κ3) is 2.37. The Balaban J connectivity index is 2.23. The lowest BCUT2D eigenvalue weighted by Crippen LogP contribution is -2.30. The lowest BCUT2D eigenvalue weighted by atomic mass is 10.1. The normalized spacial score (nSPS) is 27.8. The summed E-state index contributed by atoms with van der Waals surface area (Å²) in [5.41, 5.74) is 0.222. The number of halogens is 1. The summed E-state index contributed by atoms with van der Waals surface area (Å²) in [6.07, 6.45) is 1.01. The summed E-state index contributed by atoms with van der Waals surface area (Å²) in [7, 11) is 0. The van der Waals surface area contributed by atoms with E-state index >= 15 is 0 Å².